The molecule has 0 aliphatic rings. The van der Waals surface area contributed by atoms with E-state index in [1.165, 1.54) is 25.0 Å². The number of anilines is 1. The monoisotopic (exact) mass is 277 g/mol. The van der Waals surface area contributed by atoms with Crippen molar-refractivity contribution < 1.29 is 4.42 Å². The number of alkyl halides is 1. The fourth-order valence-electron chi connectivity index (χ4n) is 1.39. The zero-order valence-electron chi connectivity index (χ0n) is 10.4. The third-order valence-corrected chi connectivity index (χ3v) is 3.22. The predicted octanol–water partition coefficient (Wildman–Crippen LogP) is 3.70. The minimum atomic E-state index is -0.232. The number of unbranched alkanes of at least 4 members (excludes halogenated alkanes) is 3. The largest absolute Gasteiger partial charge is 0.407 e. The maximum Gasteiger partial charge on any atom is 0.315 e. The number of hydrogen-bond donors (Lipinski definition) is 1. The van der Waals surface area contributed by atoms with Gasteiger partial charge in [-0.3, -0.25) is 0 Å². The normalized spacial score (nSPS) is 12.6. The van der Waals surface area contributed by atoms with Crippen molar-refractivity contribution in [3.05, 3.63) is 5.89 Å². The van der Waals surface area contributed by atoms with Gasteiger partial charge in [0.25, 0.3) is 0 Å². The Morgan fingerprint density at radius 1 is 1.29 bits per heavy atom. The molecule has 1 rings (SSSR count). The van der Waals surface area contributed by atoms with Crippen molar-refractivity contribution >= 4 is 29.4 Å². The molecule has 0 aliphatic heterocycles. The fraction of sp³-hybridized carbons (Fsp3) is 0.818. The average Bonchev–Trinajstić information content (AvgIpc) is 2.77. The molecule has 17 heavy (non-hydrogen) atoms. The summed E-state index contributed by atoms with van der Waals surface area (Å²) >= 11 is 7.73. The van der Waals surface area contributed by atoms with Crippen LogP contribution in [-0.4, -0.2) is 28.8 Å². The minimum absolute atomic E-state index is 0.232. The van der Waals surface area contributed by atoms with Gasteiger partial charge < -0.3 is 9.73 Å². The summed E-state index contributed by atoms with van der Waals surface area (Å²) in [6, 6.07) is 0.469. The molecule has 0 saturated carbocycles. The Balaban J connectivity index is 2.05. The number of nitrogens with one attached hydrogen (secondary N) is 1. The standard InChI is InChI=1S/C11H20ClN3OS/c1-9(12)10-14-15-11(16-10)13-7-5-3-4-6-8-17-2/h9H,3-8H2,1-2H3,(H,13,15). The van der Waals surface area contributed by atoms with Gasteiger partial charge in [0.2, 0.25) is 5.89 Å². The van der Waals surface area contributed by atoms with Gasteiger partial charge in [0.1, 0.15) is 5.38 Å². The van der Waals surface area contributed by atoms with Crippen LogP contribution in [0.15, 0.2) is 4.42 Å². The first-order valence-electron chi connectivity index (χ1n) is 5.94. The Kier molecular flexibility index (Phi) is 7.44. The molecule has 0 bridgehead atoms. The molecule has 1 atom stereocenters. The minimum Gasteiger partial charge on any atom is -0.407 e. The highest BCUT2D eigenvalue weighted by atomic mass is 35.5. The molecule has 0 radical (unpaired) electrons. The molecule has 0 amide bonds. The molecule has 0 fully saturated rings. The molecule has 0 saturated heterocycles. The van der Waals surface area contributed by atoms with Gasteiger partial charge >= 0.3 is 6.01 Å². The average molecular weight is 278 g/mol. The van der Waals surface area contributed by atoms with Crippen molar-refractivity contribution in [3.8, 4) is 0 Å². The Morgan fingerprint density at radius 3 is 2.71 bits per heavy atom. The Bertz CT molecular complexity index is 307. The summed E-state index contributed by atoms with van der Waals surface area (Å²) in [5.41, 5.74) is 0. The van der Waals surface area contributed by atoms with Crippen LogP contribution in [0.3, 0.4) is 0 Å². The summed E-state index contributed by atoms with van der Waals surface area (Å²) in [5, 5.41) is 10.6. The van der Waals surface area contributed by atoms with Crippen molar-refractivity contribution in [3.63, 3.8) is 0 Å². The fourth-order valence-corrected chi connectivity index (χ4v) is 1.97. The summed E-state index contributed by atoms with van der Waals surface area (Å²) in [6.07, 6.45) is 7.10. The highest BCUT2D eigenvalue weighted by Gasteiger charge is 2.10. The molecule has 0 aromatic carbocycles. The third kappa shape index (κ3) is 6.17. The van der Waals surface area contributed by atoms with Crippen LogP contribution in [0.25, 0.3) is 0 Å². The van der Waals surface area contributed by atoms with E-state index in [2.05, 4.69) is 21.8 Å². The SMILES string of the molecule is CSCCCCCCNc1nnc(C(C)Cl)o1. The Morgan fingerprint density at radius 2 is 2.06 bits per heavy atom. The lowest BCUT2D eigenvalue weighted by molar-refractivity contribution is 0.504. The van der Waals surface area contributed by atoms with Gasteiger partial charge in [-0.2, -0.15) is 11.8 Å². The van der Waals surface area contributed by atoms with E-state index in [4.69, 9.17) is 16.0 Å². The Labute approximate surface area is 112 Å². The highest BCUT2D eigenvalue weighted by Crippen LogP contribution is 2.19. The molecule has 1 N–H and O–H groups in total. The van der Waals surface area contributed by atoms with Gasteiger partial charge in [-0.05, 0) is 31.8 Å². The van der Waals surface area contributed by atoms with Crippen LogP contribution < -0.4 is 5.32 Å². The van der Waals surface area contributed by atoms with Gasteiger partial charge in [-0.25, -0.2) is 0 Å². The van der Waals surface area contributed by atoms with E-state index >= 15 is 0 Å². The summed E-state index contributed by atoms with van der Waals surface area (Å²) < 4.78 is 5.32. The number of nitrogens with zero attached hydrogens (tertiary/aromatic N) is 2. The van der Waals surface area contributed by atoms with E-state index < -0.39 is 0 Å². The highest BCUT2D eigenvalue weighted by molar-refractivity contribution is 7.98. The van der Waals surface area contributed by atoms with Gasteiger partial charge in [-0.1, -0.05) is 17.9 Å². The van der Waals surface area contributed by atoms with Crippen molar-refractivity contribution in [2.75, 3.05) is 23.9 Å². The predicted molar refractivity (Wildman–Crippen MR) is 73.9 cm³/mol. The van der Waals surface area contributed by atoms with Crippen LogP contribution in [-0.2, 0) is 0 Å². The maximum absolute atomic E-state index is 5.82. The Hall–Kier alpha value is -0.420. The molecule has 0 spiro atoms. The summed E-state index contributed by atoms with van der Waals surface area (Å²) in [7, 11) is 0. The zero-order chi connectivity index (χ0) is 12.5. The molecule has 0 aliphatic carbocycles. The molecule has 1 aromatic rings. The molecule has 4 nitrogen and oxygen atoms in total. The molecule has 98 valence electrons. The number of aromatic nitrogens is 2. The smallest absolute Gasteiger partial charge is 0.315 e. The number of thioether (sulfide) groups is 1. The van der Waals surface area contributed by atoms with Gasteiger partial charge in [0.05, 0.1) is 0 Å². The second kappa shape index (κ2) is 8.64. The first-order valence-corrected chi connectivity index (χ1v) is 7.77. The zero-order valence-corrected chi connectivity index (χ0v) is 12.0. The molecular formula is C11H20ClN3OS. The van der Waals surface area contributed by atoms with Crippen LogP contribution in [0.4, 0.5) is 6.01 Å². The number of halogens is 1. The summed E-state index contributed by atoms with van der Waals surface area (Å²) in [4.78, 5) is 0. The lowest BCUT2D eigenvalue weighted by Crippen LogP contribution is -2.01. The number of rotatable bonds is 9. The van der Waals surface area contributed by atoms with Crippen molar-refractivity contribution in [2.45, 2.75) is 38.0 Å². The third-order valence-electron chi connectivity index (χ3n) is 2.33. The van der Waals surface area contributed by atoms with Crippen LogP contribution in [0.5, 0.6) is 0 Å². The van der Waals surface area contributed by atoms with Crippen LogP contribution in [0, 0.1) is 0 Å². The van der Waals surface area contributed by atoms with Crippen LogP contribution in [0.1, 0.15) is 43.9 Å². The van der Waals surface area contributed by atoms with E-state index in [0.29, 0.717) is 11.9 Å². The van der Waals surface area contributed by atoms with E-state index in [1.807, 2.05) is 18.7 Å². The first kappa shape index (κ1) is 14.6. The van der Waals surface area contributed by atoms with Crippen molar-refractivity contribution in [2.24, 2.45) is 0 Å². The molecular weight excluding hydrogens is 258 g/mol. The van der Waals surface area contributed by atoms with E-state index in [1.54, 1.807) is 0 Å². The lowest BCUT2D eigenvalue weighted by atomic mass is 10.2. The first-order chi connectivity index (χ1) is 8.24. The summed E-state index contributed by atoms with van der Waals surface area (Å²) in [5.74, 6) is 1.72. The lowest BCUT2D eigenvalue weighted by Gasteiger charge is -2.01. The summed E-state index contributed by atoms with van der Waals surface area (Å²) in [6.45, 7) is 2.68. The quantitative estimate of drug-likeness (QED) is 0.551. The van der Waals surface area contributed by atoms with Gasteiger partial charge in [0, 0.05) is 6.54 Å². The maximum atomic E-state index is 5.82. The van der Waals surface area contributed by atoms with E-state index in [-0.39, 0.29) is 5.38 Å². The van der Waals surface area contributed by atoms with E-state index in [0.717, 1.165) is 13.0 Å². The molecule has 1 unspecified atom stereocenters. The van der Waals surface area contributed by atoms with Crippen LogP contribution in [0.2, 0.25) is 0 Å². The number of hydrogen-bond acceptors (Lipinski definition) is 5. The molecule has 6 heteroatoms. The topological polar surface area (TPSA) is 51.0 Å². The van der Waals surface area contributed by atoms with Crippen molar-refractivity contribution in [1.29, 1.82) is 0 Å². The molecule has 1 heterocycles. The van der Waals surface area contributed by atoms with Gasteiger partial charge in [-0.15, -0.1) is 16.7 Å². The van der Waals surface area contributed by atoms with E-state index in [9.17, 15) is 0 Å². The second-order valence-corrected chi connectivity index (χ2v) is 5.54. The van der Waals surface area contributed by atoms with Crippen LogP contribution >= 0.6 is 23.4 Å². The second-order valence-electron chi connectivity index (χ2n) is 3.90. The molecule has 1 aromatic heterocycles. The van der Waals surface area contributed by atoms with Gasteiger partial charge in [0.15, 0.2) is 0 Å². The van der Waals surface area contributed by atoms with Crippen molar-refractivity contribution in [1.82, 2.24) is 10.2 Å².